The molecule has 0 aliphatic heterocycles. The van der Waals surface area contributed by atoms with Gasteiger partial charge in [0, 0.05) is 16.2 Å². The maximum atomic E-state index is 14.6. The second-order valence-electron chi connectivity index (χ2n) is 6.72. The zero-order valence-electron chi connectivity index (χ0n) is 15.6. The van der Waals surface area contributed by atoms with Crippen molar-refractivity contribution in [3.05, 3.63) is 96.6 Å². The van der Waals surface area contributed by atoms with Crippen LogP contribution in [0.4, 0.5) is 0 Å². The summed E-state index contributed by atoms with van der Waals surface area (Å²) in [5.41, 5.74) is 0.0790. The van der Waals surface area contributed by atoms with E-state index in [1.165, 1.54) is 0 Å². The molecule has 0 amide bonds. The van der Waals surface area contributed by atoms with E-state index < -0.39 is 12.8 Å². The van der Waals surface area contributed by atoms with Crippen LogP contribution in [0.15, 0.2) is 91.0 Å². The molecule has 1 atom stereocenters. The average molecular weight is 376 g/mol. The summed E-state index contributed by atoms with van der Waals surface area (Å²) >= 11 is 0. The van der Waals surface area contributed by atoms with Crippen LogP contribution in [0, 0.1) is 0 Å². The van der Waals surface area contributed by atoms with E-state index in [0.717, 1.165) is 23.5 Å². The Bertz CT molecular complexity index is 861. The number of hydrogen-bond acceptors (Lipinski definition) is 2. The summed E-state index contributed by atoms with van der Waals surface area (Å²) in [5.74, 6) is -0.0277. The molecule has 0 saturated heterocycles. The lowest BCUT2D eigenvalue weighted by Crippen LogP contribution is -2.32. The summed E-state index contributed by atoms with van der Waals surface area (Å²) in [6.07, 6.45) is 2.44. The predicted molar refractivity (Wildman–Crippen MR) is 114 cm³/mol. The Morgan fingerprint density at radius 3 is 1.67 bits per heavy atom. The molecular formula is C24H25O2P. The first-order valence-corrected chi connectivity index (χ1v) is 11.3. The summed E-state index contributed by atoms with van der Waals surface area (Å²) in [6.45, 7) is 2.10. The van der Waals surface area contributed by atoms with Gasteiger partial charge in [-0.1, -0.05) is 111 Å². The van der Waals surface area contributed by atoms with E-state index in [4.69, 9.17) is 0 Å². The first-order valence-electron chi connectivity index (χ1n) is 9.48. The van der Waals surface area contributed by atoms with E-state index >= 15 is 0 Å². The van der Waals surface area contributed by atoms with Gasteiger partial charge in [0.15, 0.2) is 12.9 Å². The number of ketones is 1. The van der Waals surface area contributed by atoms with Crippen molar-refractivity contribution >= 4 is 23.5 Å². The second-order valence-corrected chi connectivity index (χ2v) is 9.69. The molecule has 0 spiro atoms. The minimum Gasteiger partial charge on any atom is -0.313 e. The molecule has 1 unspecified atom stereocenters. The zero-order chi connectivity index (χ0) is 19.1. The molecule has 0 heterocycles. The molecule has 3 heteroatoms. The van der Waals surface area contributed by atoms with Crippen molar-refractivity contribution in [1.82, 2.24) is 0 Å². The number of carbonyl (C=O) groups is 1. The monoisotopic (exact) mass is 376 g/mol. The molecule has 27 heavy (non-hydrogen) atoms. The van der Waals surface area contributed by atoms with Crippen molar-refractivity contribution in [2.75, 3.05) is 0 Å². The maximum Gasteiger partial charge on any atom is 0.173 e. The molecule has 0 aromatic heterocycles. The first-order chi connectivity index (χ1) is 13.2. The van der Waals surface area contributed by atoms with Gasteiger partial charge in [-0.25, -0.2) is 0 Å². The van der Waals surface area contributed by atoms with Gasteiger partial charge in [0.25, 0.3) is 0 Å². The van der Waals surface area contributed by atoms with Crippen LogP contribution in [0.2, 0.25) is 0 Å². The lowest BCUT2D eigenvalue weighted by atomic mass is 10.0. The highest BCUT2D eigenvalue weighted by molar-refractivity contribution is 7.80. The number of benzene rings is 3. The number of Topliss-reactive ketones (excluding diaryl/α,β-unsaturated/α-hetero) is 1. The van der Waals surface area contributed by atoms with Crippen LogP contribution in [-0.4, -0.2) is 11.4 Å². The van der Waals surface area contributed by atoms with Crippen molar-refractivity contribution in [3.63, 3.8) is 0 Å². The molecule has 3 aromatic carbocycles. The summed E-state index contributed by atoms with van der Waals surface area (Å²) in [4.78, 5) is 13.5. The van der Waals surface area contributed by atoms with Crippen LogP contribution >= 0.6 is 7.14 Å². The van der Waals surface area contributed by atoms with Crippen LogP contribution in [0.3, 0.4) is 0 Å². The molecule has 0 saturated carbocycles. The van der Waals surface area contributed by atoms with Gasteiger partial charge in [0.1, 0.15) is 0 Å². The fraction of sp³-hybridized carbons (Fsp3) is 0.208. The van der Waals surface area contributed by atoms with E-state index in [9.17, 15) is 9.36 Å². The highest BCUT2D eigenvalue weighted by Gasteiger charge is 2.40. The molecule has 0 N–H and O–H groups in total. The lowest BCUT2D eigenvalue weighted by Gasteiger charge is -2.28. The molecule has 0 aliphatic carbocycles. The Kier molecular flexibility index (Phi) is 6.42. The van der Waals surface area contributed by atoms with Crippen LogP contribution < -0.4 is 10.6 Å². The number of unbranched alkanes of at least 4 members (excludes halogenated alkanes) is 1. The molecule has 0 bridgehead atoms. The molecule has 3 aromatic rings. The minimum atomic E-state index is -3.14. The molecule has 0 aliphatic rings. The Morgan fingerprint density at radius 1 is 0.778 bits per heavy atom. The standard InChI is InChI=1S/C24H25O2P/c1-2-3-19-23(24(25)20-13-7-4-8-14-20)27(26,21-15-9-5-10-16-21)22-17-11-6-12-18-22/h4-18,23H,2-3,19H2,1H3. The Hall–Kier alpha value is -2.44. The van der Waals surface area contributed by atoms with Gasteiger partial charge in [-0.15, -0.1) is 0 Å². The van der Waals surface area contributed by atoms with Crippen molar-refractivity contribution < 1.29 is 9.36 Å². The van der Waals surface area contributed by atoms with E-state index in [0.29, 0.717) is 12.0 Å². The number of carbonyl (C=O) groups excluding carboxylic acids is 1. The van der Waals surface area contributed by atoms with E-state index in [-0.39, 0.29) is 5.78 Å². The Balaban J connectivity index is 2.17. The van der Waals surface area contributed by atoms with Crippen molar-refractivity contribution in [2.24, 2.45) is 0 Å². The highest BCUT2D eigenvalue weighted by atomic mass is 31.2. The normalized spacial score (nSPS) is 12.5. The van der Waals surface area contributed by atoms with Crippen molar-refractivity contribution in [2.45, 2.75) is 31.8 Å². The topological polar surface area (TPSA) is 34.1 Å². The Labute approximate surface area is 161 Å². The van der Waals surface area contributed by atoms with Crippen LogP contribution in [-0.2, 0) is 4.57 Å². The quantitative estimate of drug-likeness (QED) is 0.387. The summed E-state index contributed by atoms with van der Waals surface area (Å²) < 4.78 is 14.6. The smallest absolute Gasteiger partial charge is 0.173 e. The lowest BCUT2D eigenvalue weighted by molar-refractivity contribution is 0.0983. The SMILES string of the molecule is CCCCC(C(=O)c1ccccc1)P(=O)(c1ccccc1)c1ccccc1. The molecule has 138 valence electrons. The molecule has 0 fully saturated rings. The third kappa shape index (κ3) is 4.12. The van der Waals surface area contributed by atoms with E-state index in [1.54, 1.807) is 0 Å². The molecular weight excluding hydrogens is 351 g/mol. The largest absolute Gasteiger partial charge is 0.313 e. The first kappa shape index (κ1) is 19.3. The fourth-order valence-electron chi connectivity index (χ4n) is 3.48. The van der Waals surface area contributed by atoms with Crippen LogP contribution in [0.5, 0.6) is 0 Å². The second kappa shape index (κ2) is 8.97. The van der Waals surface area contributed by atoms with Gasteiger partial charge in [-0.05, 0) is 6.42 Å². The predicted octanol–water partition coefficient (Wildman–Crippen LogP) is 5.44. The van der Waals surface area contributed by atoms with Crippen LogP contribution in [0.25, 0.3) is 0 Å². The van der Waals surface area contributed by atoms with Gasteiger partial charge >= 0.3 is 0 Å². The Morgan fingerprint density at radius 2 is 1.22 bits per heavy atom. The van der Waals surface area contributed by atoms with Gasteiger partial charge in [0.05, 0.1) is 5.66 Å². The van der Waals surface area contributed by atoms with Crippen molar-refractivity contribution in [1.29, 1.82) is 0 Å². The fourth-order valence-corrected chi connectivity index (χ4v) is 6.75. The third-order valence-electron chi connectivity index (χ3n) is 4.91. The van der Waals surface area contributed by atoms with Crippen molar-refractivity contribution in [3.8, 4) is 0 Å². The number of rotatable bonds is 8. The van der Waals surface area contributed by atoms with E-state index in [2.05, 4.69) is 6.92 Å². The molecule has 3 rings (SSSR count). The maximum absolute atomic E-state index is 14.6. The van der Waals surface area contributed by atoms with Gasteiger partial charge in [-0.3, -0.25) is 4.79 Å². The summed E-state index contributed by atoms with van der Waals surface area (Å²) in [5, 5.41) is 1.50. The molecule has 2 nitrogen and oxygen atoms in total. The highest BCUT2D eigenvalue weighted by Crippen LogP contribution is 2.51. The summed E-state index contributed by atoms with van der Waals surface area (Å²) in [7, 11) is -3.14. The zero-order valence-corrected chi connectivity index (χ0v) is 16.5. The van der Waals surface area contributed by atoms with Gasteiger partial charge in [-0.2, -0.15) is 0 Å². The van der Waals surface area contributed by atoms with E-state index in [1.807, 2.05) is 91.0 Å². The van der Waals surface area contributed by atoms with Gasteiger partial charge in [0.2, 0.25) is 0 Å². The minimum absolute atomic E-state index is 0.0277. The average Bonchev–Trinajstić information content (AvgIpc) is 2.75. The number of hydrogen-bond donors (Lipinski definition) is 0. The molecule has 0 radical (unpaired) electrons. The van der Waals surface area contributed by atoms with Gasteiger partial charge < -0.3 is 4.57 Å². The van der Waals surface area contributed by atoms with Crippen LogP contribution in [0.1, 0.15) is 36.5 Å². The summed E-state index contributed by atoms with van der Waals surface area (Å²) in [6, 6.07) is 28.3. The third-order valence-corrected chi connectivity index (χ3v) is 8.41.